The Bertz CT molecular complexity index is 635. The van der Waals surface area contributed by atoms with Gasteiger partial charge in [0, 0.05) is 11.5 Å². The lowest BCUT2D eigenvalue weighted by molar-refractivity contribution is 0.0535. The number of hydrogen-bond donors (Lipinski definition) is 2. The van der Waals surface area contributed by atoms with Gasteiger partial charge in [0.15, 0.2) is 0 Å². The van der Waals surface area contributed by atoms with Crippen molar-refractivity contribution in [2.75, 3.05) is 13.1 Å². The zero-order valence-electron chi connectivity index (χ0n) is 18.4. The zero-order valence-corrected chi connectivity index (χ0v) is 19.2. The smallest absolute Gasteiger partial charge is 0.0815 e. The first kappa shape index (κ1) is 21.8. The molecule has 1 aromatic rings. The minimum Gasteiger partial charge on any atom is -0.376 e. The lowest BCUT2D eigenvalue weighted by atomic mass is 9.50. The van der Waals surface area contributed by atoms with Crippen molar-refractivity contribution in [1.82, 2.24) is 10.6 Å². The molecule has 2 saturated carbocycles. The van der Waals surface area contributed by atoms with E-state index in [0.717, 1.165) is 29.9 Å². The van der Waals surface area contributed by atoms with Crippen molar-refractivity contribution >= 4 is 17.2 Å². The topological polar surface area (TPSA) is 24.1 Å². The molecule has 2 N–H and O–H groups in total. The van der Waals surface area contributed by atoms with Crippen molar-refractivity contribution in [2.45, 2.75) is 84.1 Å². The van der Waals surface area contributed by atoms with Crippen LogP contribution in [0.1, 0.15) is 78.2 Å². The van der Waals surface area contributed by atoms with Gasteiger partial charge in [-0.25, -0.2) is 0 Å². The monoisotopic (exact) mass is 400 g/mol. The Morgan fingerprint density at radius 1 is 1.07 bits per heavy atom. The lowest BCUT2D eigenvalue weighted by Crippen LogP contribution is -2.54. The van der Waals surface area contributed by atoms with Crippen LogP contribution in [0.15, 0.2) is 30.3 Å². The molecule has 1 saturated heterocycles. The molecule has 4 rings (SSSR count). The van der Waals surface area contributed by atoms with Gasteiger partial charge in [-0.05, 0) is 80.8 Å². The van der Waals surface area contributed by atoms with Gasteiger partial charge in [-0.1, -0.05) is 70.2 Å². The number of nitrogens with one attached hydrogen (secondary N) is 2. The van der Waals surface area contributed by atoms with Crippen molar-refractivity contribution in [1.29, 1.82) is 0 Å². The van der Waals surface area contributed by atoms with Crippen LogP contribution in [0, 0.1) is 17.3 Å². The highest BCUT2D eigenvalue weighted by atomic mass is 32.1. The van der Waals surface area contributed by atoms with Crippen LogP contribution in [0.4, 0.5) is 0 Å². The predicted molar refractivity (Wildman–Crippen MR) is 125 cm³/mol. The minimum atomic E-state index is 0.138. The number of hydrogen-bond acceptors (Lipinski definition) is 2. The van der Waals surface area contributed by atoms with E-state index in [9.17, 15) is 0 Å². The van der Waals surface area contributed by atoms with Crippen molar-refractivity contribution < 1.29 is 0 Å². The summed E-state index contributed by atoms with van der Waals surface area (Å²) in [6.07, 6.45) is 8.91. The van der Waals surface area contributed by atoms with Gasteiger partial charge < -0.3 is 10.6 Å². The van der Waals surface area contributed by atoms with Crippen LogP contribution in [0.3, 0.4) is 0 Å². The molecular formula is C25H40N2S. The number of thiocarbonyl (C=S) groups is 1. The summed E-state index contributed by atoms with van der Waals surface area (Å²) in [6, 6.07) is 11.9. The first-order chi connectivity index (χ1) is 13.5. The van der Waals surface area contributed by atoms with Crippen molar-refractivity contribution in [3.63, 3.8) is 0 Å². The molecule has 2 bridgehead atoms. The number of rotatable bonds is 3. The van der Waals surface area contributed by atoms with Crippen molar-refractivity contribution in [3.05, 3.63) is 35.9 Å². The lowest BCUT2D eigenvalue weighted by Gasteiger charge is -2.55. The summed E-state index contributed by atoms with van der Waals surface area (Å²) in [6.45, 7) is 11.1. The minimum absolute atomic E-state index is 0.138. The summed E-state index contributed by atoms with van der Waals surface area (Å²) >= 11 is 6.04. The van der Waals surface area contributed by atoms with E-state index in [1.807, 2.05) is 13.8 Å². The van der Waals surface area contributed by atoms with E-state index in [1.54, 1.807) is 5.56 Å². The highest BCUT2D eigenvalue weighted by Crippen LogP contribution is 2.58. The van der Waals surface area contributed by atoms with Crippen molar-refractivity contribution in [2.24, 2.45) is 17.3 Å². The van der Waals surface area contributed by atoms with E-state index < -0.39 is 0 Å². The second-order valence-corrected chi connectivity index (χ2v) is 10.1. The predicted octanol–water partition coefficient (Wildman–Crippen LogP) is 5.86. The fraction of sp³-hybridized carbons (Fsp3) is 0.720. The Kier molecular flexibility index (Phi) is 7.20. The fourth-order valence-electron chi connectivity index (χ4n) is 6.42. The van der Waals surface area contributed by atoms with Crippen LogP contribution in [0.25, 0.3) is 0 Å². The molecule has 0 amide bonds. The van der Waals surface area contributed by atoms with Crippen LogP contribution in [0.5, 0.6) is 0 Å². The van der Waals surface area contributed by atoms with Gasteiger partial charge in [0.2, 0.25) is 0 Å². The Hall–Kier alpha value is -0.930. The summed E-state index contributed by atoms with van der Waals surface area (Å²) in [4.78, 5) is 1.14. The number of benzene rings is 1. The summed E-state index contributed by atoms with van der Waals surface area (Å²) in [7, 11) is 0. The highest BCUT2D eigenvalue weighted by molar-refractivity contribution is 7.80. The van der Waals surface area contributed by atoms with E-state index >= 15 is 0 Å². The molecule has 28 heavy (non-hydrogen) atoms. The quantitative estimate of drug-likeness (QED) is 0.622. The second-order valence-electron chi connectivity index (χ2n) is 9.70. The first-order valence-corrected chi connectivity index (χ1v) is 12.0. The standard InChI is InChI=1S/C23H34N2S.C2H6/c1-17-12-18-14-22(2,21(26)25-20-8-10-24-11-9-20)16-23(13-17,15-18)19-6-4-3-5-7-19;1-2/h3-7,17-18,20,24H,8-16H2,1-2H3,(H,25,26);1-2H3. The fourth-order valence-corrected chi connectivity index (χ4v) is 6.75. The Morgan fingerprint density at radius 2 is 1.75 bits per heavy atom. The van der Waals surface area contributed by atoms with E-state index in [0.29, 0.717) is 11.5 Å². The molecule has 3 fully saturated rings. The molecule has 4 unspecified atom stereocenters. The SMILES string of the molecule is CC.CC1CC2CC(C)(C(=S)NC3CCNCC3)CC(c3ccccc3)(C1)C2. The zero-order chi connectivity index (χ0) is 20.2. The molecule has 4 atom stereocenters. The first-order valence-electron chi connectivity index (χ1n) is 11.6. The summed E-state index contributed by atoms with van der Waals surface area (Å²) in [5.74, 6) is 1.63. The molecule has 0 spiro atoms. The molecule has 3 aliphatic rings. The maximum absolute atomic E-state index is 6.04. The van der Waals surface area contributed by atoms with Crippen LogP contribution < -0.4 is 10.6 Å². The van der Waals surface area contributed by atoms with Crippen LogP contribution in [0.2, 0.25) is 0 Å². The van der Waals surface area contributed by atoms with E-state index in [1.165, 1.54) is 44.9 Å². The molecular weight excluding hydrogens is 360 g/mol. The van der Waals surface area contributed by atoms with Gasteiger partial charge >= 0.3 is 0 Å². The largest absolute Gasteiger partial charge is 0.376 e. The van der Waals surface area contributed by atoms with Crippen LogP contribution in [-0.4, -0.2) is 24.1 Å². The van der Waals surface area contributed by atoms with Gasteiger partial charge in [0.05, 0.1) is 4.99 Å². The molecule has 156 valence electrons. The van der Waals surface area contributed by atoms with E-state index in [4.69, 9.17) is 12.2 Å². The second kappa shape index (κ2) is 9.26. The maximum atomic E-state index is 6.04. The van der Waals surface area contributed by atoms with Crippen LogP contribution in [-0.2, 0) is 5.41 Å². The normalized spacial score (nSPS) is 35.4. The van der Waals surface area contributed by atoms with Crippen LogP contribution >= 0.6 is 12.2 Å². The molecule has 3 heteroatoms. The van der Waals surface area contributed by atoms with Gasteiger partial charge in [0.25, 0.3) is 0 Å². The van der Waals surface area contributed by atoms with Crippen molar-refractivity contribution in [3.8, 4) is 0 Å². The van der Waals surface area contributed by atoms with Gasteiger partial charge in [-0.15, -0.1) is 0 Å². The van der Waals surface area contributed by atoms with Gasteiger partial charge in [-0.2, -0.15) is 0 Å². The molecule has 1 aromatic carbocycles. The number of fused-ring (bicyclic) bond motifs is 2. The molecule has 1 heterocycles. The highest BCUT2D eigenvalue weighted by Gasteiger charge is 2.52. The van der Waals surface area contributed by atoms with E-state index in [2.05, 4.69) is 54.8 Å². The molecule has 0 aromatic heterocycles. The Labute approximate surface area is 178 Å². The van der Waals surface area contributed by atoms with E-state index in [-0.39, 0.29) is 5.41 Å². The Balaban J connectivity index is 0.00000109. The third-order valence-corrected chi connectivity index (χ3v) is 7.84. The molecule has 2 nitrogen and oxygen atoms in total. The third-order valence-electron chi connectivity index (χ3n) is 7.23. The summed E-state index contributed by atoms with van der Waals surface area (Å²) < 4.78 is 0. The summed E-state index contributed by atoms with van der Waals surface area (Å²) in [5.41, 5.74) is 2.00. The molecule has 2 aliphatic carbocycles. The number of piperidine rings is 1. The van der Waals surface area contributed by atoms with Gasteiger partial charge in [0.1, 0.15) is 0 Å². The Morgan fingerprint density at radius 3 is 2.43 bits per heavy atom. The van der Waals surface area contributed by atoms with Gasteiger partial charge in [-0.3, -0.25) is 0 Å². The summed E-state index contributed by atoms with van der Waals surface area (Å²) in [5, 5.41) is 7.25. The third kappa shape index (κ3) is 4.62. The average molecular weight is 401 g/mol. The maximum Gasteiger partial charge on any atom is 0.0815 e. The average Bonchev–Trinajstić information content (AvgIpc) is 2.70. The molecule has 0 radical (unpaired) electrons. The molecule has 1 aliphatic heterocycles.